The van der Waals surface area contributed by atoms with Gasteiger partial charge in [0, 0.05) is 5.92 Å². The number of fused-ring (bicyclic) bond motifs is 2. The summed E-state index contributed by atoms with van der Waals surface area (Å²) >= 11 is 6.15. The fourth-order valence-electron chi connectivity index (χ4n) is 3.88. The molecule has 0 amide bonds. The first-order valence-corrected chi connectivity index (χ1v) is 8.26. The Kier molecular flexibility index (Phi) is 3.51. The van der Waals surface area contributed by atoms with Crippen LogP contribution in [0.1, 0.15) is 20.3 Å². The lowest BCUT2D eigenvalue weighted by molar-refractivity contribution is -0.156. The van der Waals surface area contributed by atoms with Crippen molar-refractivity contribution in [3.05, 3.63) is 24.1 Å². The van der Waals surface area contributed by atoms with Gasteiger partial charge in [-0.15, -0.1) is 6.58 Å². The predicted octanol–water partition coefficient (Wildman–Crippen LogP) is 2.42. The summed E-state index contributed by atoms with van der Waals surface area (Å²) in [5.74, 6) is 0.971. The molecular weight excluding hydrogens is 318 g/mol. The first-order chi connectivity index (χ1) is 11.0. The van der Waals surface area contributed by atoms with Crippen LogP contribution in [0.15, 0.2) is 19.0 Å². The molecule has 1 aromatic rings. The average Bonchev–Trinajstić information content (AvgIpc) is 3.00. The lowest BCUT2D eigenvalue weighted by Crippen LogP contribution is -2.47. The van der Waals surface area contributed by atoms with Crippen LogP contribution in [0.4, 0.5) is 5.82 Å². The molecule has 2 fully saturated rings. The Morgan fingerprint density at radius 1 is 1.35 bits per heavy atom. The highest BCUT2D eigenvalue weighted by Gasteiger charge is 2.55. The summed E-state index contributed by atoms with van der Waals surface area (Å²) in [6.07, 6.45) is 4.35. The quantitative estimate of drug-likeness (QED) is 0.610. The van der Waals surface area contributed by atoms with Gasteiger partial charge in [0.2, 0.25) is 0 Å². The van der Waals surface area contributed by atoms with Crippen LogP contribution in [0.3, 0.4) is 0 Å². The van der Waals surface area contributed by atoms with Crippen molar-refractivity contribution >= 4 is 17.4 Å². The van der Waals surface area contributed by atoms with E-state index < -0.39 is 5.79 Å². The van der Waals surface area contributed by atoms with Gasteiger partial charge in [-0.3, -0.25) is 0 Å². The van der Waals surface area contributed by atoms with Gasteiger partial charge in [-0.05, 0) is 20.3 Å². The van der Waals surface area contributed by atoms with Gasteiger partial charge in [0.05, 0.1) is 18.7 Å². The van der Waals surface area contributed by atoms with Gasteiger partial charge in [-0.2, -0.15) is 0 Å². The monoisotopic (exact) mass is 337 g/mol. The SMILES string of the molecule is C=C[C@H]1C[C@@H](N2CCOc3c(Cl)ncnc32)[C@@H]2OC(C)(C)O[C@@H]21. The van der Waals surface area contributed by atoms with Gasteiger partial charge in [0.1, 0.15) is 19.0 Å². The zero-order chi connectivity index (χ0) is 16.2. The van der Waals surface area contributed by atoms with Crippen molar-refractivity contribution in [3.8, 4) is 5.75 Å². The van der Waals surface area contributed by atoms with Crippen LogP contribution in [-0.4, -0.2) is 47.2 Å². The maximum absolute atomic E-state index is 6.19. The predicted molar refractivity (Wildman–Crippen MR) is 85.8 cm³/mol. The molecule has 1 aliphatic carbocycles. The molecule has 2 aliphatic heterocycles. The van der Waals surface area contributed by atoms with E-state index in [1.54, 1.807) is 0 Å². The Balaban J connectivity index is 1.69. The van der Waals surface area contributed by atoms with Crippen molar-refractivity contribution in [2.75, 3.05) is 18.1 Å². The molecule has 0 N–H and O–H groups in total. The Hall–Kier alpha value is -1.37. The summed E-state index contributed by atoms with van der Waals surface area (Å²) in [6.45, 7) is 9.16. The average molecular weight is 338 g/mol. The van der Waals surface area contributed by atoms with Crippen LogP contribution in [0.5, 0.6) is 5.75 Å². The Morgan fingerprint density at radius 3 is 2.91 bits per heavy atom. The second-order valence-corrected chi connectivity index (χ2v) is 6.98. The van der Waals surface area contributed by atoms with Gasteiger partial charge in [0.25, 0.3) is 0 Å². The van der Waals surface area contributed by atoms with Crippen molar-refractivity contribution < 1.29 is 14.2 Å². The highest BCUT2D eigenvalue weighted by atomic mass is 35.5. The fourth-order valence-corrected chi connectivity index (χ4v) is 4.06. The molecule has 3 heterocycles. The number of aromatic nitrogens is 2. The van der Waals surface area contributed by atoms with Crippen LogP contribution in [0.2, 0.25) is 5.15 Å². The van der Waals surface area contributed by atoms with E-state index in [4.69, 9.17) is 25.8 Å². The Labute approximate surface area is 140 Å². The molecule has 0 bridgehead atoms. The topological polar surface area (TPSA) is 56.7 Å². The first-order valence-electron chi connectivity index (χ1n) is 7.88. The van der Waals surface area contributed by atoms with Crippen LogP contribution in [-0.2, 0) is 9.47 Å². The number of ether oxygens (including phenoxy) is 3. The van der Waals surface area contributed by atoms with Crippen molar-refractivity contribution in [2.45, 2.75) is 44.3 Å². The largest absolute Gasteiger partial charge is 0.485 e. The highest BCUT2D eigenvalue weighted by molar-refractivity contribution is 6.31. The molecule has 0 spiro atoms. The molecule has 124 valence electrons. The minimum absolute atomic E-state index is 0.0207. The van der Waals surface area contributed by atoms with E-state index in [1.807, 2.05) is 19.9 Å². The number of hydrogen-bond donors (Lipinski definition) is 0. The lowest BCUT2D eigenvalue weighted by atomic mass is 10.1. The Morgan fingerprint density at radius 2 is 2.13 bits per heavy atom. The summed E-state index contributed by atoms with van der Waals surface area (Å²) in [7, 11) is 0. The van der Waals surface area contributed by atoms with Crippen LogP contribution in [0, 0.1) is 5.92 Å². The number of anilines is 1. The number of rotatable bonds is 2. The zero-order valence-corrected chi connectivity index (χ0v) is 14.0. The molecule has 1 saturated carbocycles. The normalized spacial score (nSPS) is 34.7. The van der Waals surface area contributed by atoms with Crippen molar-refractivity contribution in [1.82, 2.24) is 9.97 Å². The van der Waals surface area contributed by atoms with E-state index in [9.17, 15) is 0 Å². The van der Waals surface area contributed by atoms with Crippen molar-refractivity contribution in [1.29, 1.82) is 0 Å². The van der Waals surface area contributed by atoms with Crippen molar-refractivity contribution in [2.24, 2.45) is 5.92 Å². The van der Waals surface area contributed by atoms with Gasteiger partial charge in [0.15, 0.2) is 22.5 Å². The molecule has 3 aliphatic rings. The van der Waals surface area contributed by atoms with E-state index in [1.165, 1.54) is 6.33 Å². The summed E-state index contributed by atoms with van der Waals surface area (Å²) in [5, 5.41) is 0.346. The molecule has 1 aromatic heterocycles. The van der Waals surface area contributed by atoms with Gasteiger partial charge in [-0.1, -0.05) is 17.7 Å². The molecule has 4 atom stereocenters. The lowest BCUT2D eigenvalue weighted by Gasteiger charge is -2.37. The fraction of sp³-hybridized carbons (Fsp3) is 0.625. The molecule has 1 saturated heterocycles. The third-order valence-corrected chi connectivity index (χ3v) is 5.04. The number of halogens is 1. The second kappa shape index (κ2) is 5.33. The summed E-state index contributed by atoms with van der Waals surface area (Å²) in [4.78, 5) is 10.6. The summed E-state index contributed by atoms with van der Waals surface area (Å²) < 4.78 is 17.9. The minimum Gasteiger partial charge on any atom is -0.485 e. The van der Waals surface area contributed by atoms with E-state index in [-0.39, 0.29) is 24.2 Å². The van der Waals surface area contributed by atoms with E-state index >= 15 is 0 Å². The number of nitrogens with zero attached hydrogens (tertiary/aromatic N) is 3. The molecular formula is C16H20ClN3O3. The Bertz CT molecular complexity index is 639. The standard InChI is InChI=1S/C16H20ClN3O3/c1-4-9-7-10(12-11(9)22-16(2,3)23-12)20-5-6-21-13-14(17)18-8-19-15(13)20/h4,8-12H,1,5-7H2,2-3H3/t9-,10+,11+,12-/m0/s1. The zero-order valence-electron chi connectivity index (χ0n) is 13.2. The van der Waals surface area contributed by atoms with Gasteiger partial charge < -0.3 is 19.1 Å². The minimum atomic E-state index is -0.576. The molecule has 4 rings (SSSR count). The van der Waals surface area contributed by atoms with Gasteiger partial charge in [-0.25, -0.2) is 9.97 Å². The van der Waals surface area contributed by atoms with Crippen LogP contribution < -0.4 is 9.64 Å². The maximum Gasteiger partial charge on any atom is 0.199 e. The van der Waals surface area contributed by atoms with Crippen LogP contribution >= 0.6 is 11.6 Å². The van der Waals surface area contributed by atoms with E-state index in [0.29, 0.717) is 17.5 Å². The van der Waals surface area contributed by atoms with Crippen molar-refractivity contribution in [3.63, 3.8) is 0 Å². The summed E-state index contributed by atoms with van der Waals surface area (Å²) in [6, 6.07) is 0.151. The molecule has 23 heavy (non-hydrogen) atoms. The summed E-state index contributed by atoms with van der Waals surface area (Å²) in [5.41, 5.74) is 0. The van der Waals surface area contributed by atoms with Gasteiger partial charge >= 0.3 is 0 Å². The molecule has 0 unspecified atom stereocenters. The third kappa shape index (κ3) is 2.40. The molecule has 0 radical (unpaired) electrons. The maximum atomic E-state index is 6.19. The molecule has 7 heteroatoms. The molecule has 6 nitrogen and oxygen atoms in total. The number of hydrogen-bond acceptors (Lipinski definition) is 6. The first kappa shape index (κ1) is 15.2. The highest BCUT2D eigenvalue weighted by Crippen LogP contribution is 2.46. The van der Waals surface area contributed by atoms with Crippen LogP contribution in [0.25, 0.3) is 0 Å². The third-order valence-electron chi connectivity index (χ3n) is 4.77. The smallest absolute Gasteiger partial charge is 0.199 e. The van der Waals surface area contributed by atoms with E-state index in [2.05, 4.69) is 21.4 Å². The molecule has 0 aromatic carbocycles. The second-order valence-electron chi connectivity index (χ2n) is 6.63. The van der Waals surface area contributed by atoms with E-state index in [0.717, 1.165) is 18.8 Å².